The molecule has 1 aliphatic carbocycles. The van der Waals surface area contributed by atoms with Crippen molar-refractivity contribution >= 4 is 5.91 Å². The van der Waals surface area contributed by atoms with Crippen LogP contribution in [0.1, 0.15) is 58.3 Å². The van der Waals surface area contributed by atoms with Gasteiger partial charge in [-0.1, -0.05) is 19.3 Å². The number of nitrogens with zero attached hydrogens (tertiary/aromatic N) is 1. The second-order valence-electron chi connectivity index (χ2n) is 5.79. The van der Waals surface area contributed by atoms with Crippen LogP contribution in [-0.4, -0.2) is 36.0 Å². The lowest BCUT2D eigenvalue weighted by molar-refractivity contribution is -0.135. The third-order valence-electron chi connectivity index (χ3n) is 4.38. The summed E-state index contributed by atoms with van der Waals surface area (Å²) in [6, 6.07) is 1.07. The molecule has 0 aromatic rings. The van der Waals surface area contributed by atoms with Crippen LogP contribution in [0.3, 0.4) is 0 Å². The molecule has 17 heavy (non-hydrogen) atoms. The van der Waals surface area contributed by atoms with E-state index in [1.54, 1.807) is 0 Å². The highest BCUT2D eigenvalue weighted by Crippen LogP contribution is 2.23. The maximum Gasteiger partial charge on any atom is 0.239 e. The van der Waals surface area contributed by atoms with Crippen molar-refractivity contribution in [3.05, 3.63) is 0 Å². The fourth-order valence-corrected chi connectivity index (χ4v) is 3.23. The molecular weight excluding hydrogens is 212 g/mol. The minimum Gasteiger partial charge on any atom is -0.341 e. The minimum atomic E-state index is 0.0747. The van der Waals surface area contributed by atoms with Gasteiger partial charge in [-0.15, -0.1) is 0 Å². The van der Waals surface area contributed by atoms with Gasteiger partial charge in [0.2, 0.25) is 5.91 Å². The van der Waals surface area contributed by atoms with E-state index >= 15 is 0 Å². The molecule has 2 fully saturated rings. The molecule has 0 aromatic carbocycles. The smallest absolute Gasteiger partial charge is 0.239 e. The van der Waals surface area contributed by atoms with Crippen molar-refractivity contribution in [2.45, 2.75) is 76.4 Å². The highest BCUT2D eigenvalue weighted by molar-refractivity contribution is 5.82. The number of hydrogen-bond acceptors (Lipinski definition) is 2. The van der Waals surface area contributed by atoms with Gasteiger partial charge < -0.3 is 10.2 Å². The van der Waals surface area contributed by atoms with E-state index in [9.17, 15) is 4.79 Å². The number of nitrogens with one attached hydrogen (secondary N) is 1. The molecule has 2 atom stereocenters. The van der Waals surface area contributed by atoms with Crippen LogP contribution in [0.5, 0.6) is 0 Å². The molecule has 3 heteroatoms. The second-order valence-corrected chi connectivity index (χ2v) is 5.79. The Morgan fingerprint density at radius 2 is 1.76 bits per heavy atom. The van der Waals surface area contributed by atoms with Gasteiger partial charge in [0.25, 0.3) is 0 Å². The molecule has 3 nitrogen and oxygen atoms in total. The van der Waals surface area contributed by atoms with Gasteiger partial charge in [-0.3, -0.25) is 4.79 Å². The molecule has 1 saturated carbocycles. The van der Waals surface area contributed by atoms with Crippen molar-refractivity contribution < 1.29 is 4.79 Å². The predicted octanol–water partition coefficient (Wildman–Crippen LogP) is 2.31. The summed E-state index contributed by atoms with van der Waals surface area (Å²) in [5, 5.41) is 3.44. The number of piperidine rings is 1. The summed E-state index contributed by atoms with van der Waals surface area (Å²) < 4.78 is 0. The lowest BCUT2D eigenvalue weighted by Crippen LogP contribution is -2.53. The predicted molar refractivity (Wildman–Crippen MR) is 69.9 cm³/mol. The number of amides is 1. The Morgan fingerprint density at radius 1 is 1.06 bits per heavy atom. The van der Waals surface area contributed by atoms with E-state index in [4.69, 9.17) is 0 Å². The standard InChI is InChI=1S/C14H26N2O/c1-11-7-6-10-13(15-11)14(17)16(2)12-8-4-3-5-9-12/h11-13,15H,3-10H2,1-2H3. The van der Waals surface area contributed by atoms with Crippen molar-refractivity contribution in [2.75, 3.05) is 7.05 Å². The molecule has 2 rings (SSSR count). The maximum atomic E-state index is 12.4. The van der Waals surface area contributed by atoms with Gasteiger partial charge in [-0.05, 0) is 39.0 Å². The molecule has 98 valence electrons. The maximum absolute atomic E-state index is 12.4. The summed E-state index contributed by atoms with van der Waals surface area (Å²) in [5.41, 5.74) is 0. The van der Waals surface area contributed by atoms with Gasteiger partial charge in [0.15, 0.2) is 0 Å². The van der Waals surface area contributed by atoms with Crippen LogP contribution < -0.4 is 5.32 Å². The molecule has 1 aliphatic heterocycles. The first-order valence-corrected chi connectivity index (χ1v) is 7.21. The Morgan fingerprint density at radius 3 is 2.41 bits per heavy atom. The first-order chi connectivity index (χ1) is 8.18. The highest BCUT2D eigenvalue weighted by Gasteiger charge is 2.30. The van der Waals surface area contributed by atoms with E-state index in [-0.39, 0.29) is 6.04 Å². The van der Waals surface area contributed by atoms with Gasteiger partial charge in [-0.25, -0.2) is 0 Å². The number of likely N-dealkylation sites (N-methyl/N-ethyl adjacent to an activating group) is 1. The summed E-state index contributed by atoms with van der Waals surface area (Å²) in [7, 11) is 2.00. The van der Waals surface area contributed by atoms with Gasteiger partial charge in [-0.2, -0.15) is 0 Å². The SMILES string of the molecule is CC1CCCC(C(=O)N(C)C2CCCCC2)N1. The lowest BCUT2D eigenvalue weighted by atomic mass is 9.93. The minimum absolute atomic E-state index is 0.0747. The van der Waals surface area contributed by atoms with E-state index in [1.165, 1.54) is 44.9 Å². The molecule has 0 radical (unpaired) electrons. The van der Waals surface area contributed by atoms with Gasteiger partial charge >= 0.3 is 0 Å². The topological polar surface area (TPSA) is 32.3 Å². The zero-order valence-electron chi connectivity index (χ0n) is 11.2. The summed E-state index contributed by atoms with van der Waals surface area (Å²) in [4.78, 5) is 14.4. The third kappa shape index (κ3) is 3.21. The molecule has 1 N–H and O–H groups in total. The fourth-order valence-electron chi connectivity index (χ4n) is 3.23. The number of hydrogen-bond donors (Lipinski definition) is 1. The normalized spacial score (nSPS) is 31.2. The summed E-state index contributed by atoms with van der Waals surface area (Å²) in [6.45, 7) is 2.18. The second kappa shape index (κ2) is 5.85. The zero-order chi connectivity index (χ0) is 12.3. The highest BCUT2D eigenvalue weighted by atomic mass is 16.2. The van der Waals surface area contributed by atoms with Crippen LogP contribution >= 0.6 is 0 Å². The average molecular weight is 238 g/mol. The first-order valence-electron chi connectivity index (χ1n) is 7.21. The zero-order valence-corrected chi connectivity index (χ0v) is 11.2. The third-order valence-corrected chi connectivity index (χ3v) is 4.38. The van der Waals surface area contributed by atoms with E-state index in [0.717, 1.165) is 6.42 Å². The lowest BCUT2D eigenvalue weighted by Gasteiger charge is -2.36. The van der Waals surface area contributed by atoms with Crippen molar-refractivity contribution in [3.63, 3.8) is 0 Å². The molecule has 1 heterocycles. The Kier molecular flexibility index (Phi) is 4.43. The summed E-state index contributed by atoms with van der Waals surface area (Å²) in [6.07, 6.45) is 9.72. The summed E-state index contributed by atoms with van der Waals surface area (Å²) in [5.74, 6) is 0.323. The molecule has 0 bridgehead atoms. The number of carbonyl (C=O) groups is 1. The number of carbonyl (C=O) groups excluding carboxylic acids is 1. The van der Waals surface area contributed by atoms with Crippen molar-refractivity contribution in [1.29, 1.82) is 0 Å². The molecule has 1 saturated heterocycles. The Labute approximate surface area is 105 Å². The number of rotatable bonds is 2. The Bertz CT molecular complexity index is 261. The van der Waals surface area contributed by atoms with E-state index in [1.807, 2.05) is 11.9 Å². The average Bonchev–Trinajstić information content (AvgIpc) is 2.38. The van der Waals surface area contributed by atoms with Crippen molar-refractivity contribution in [2.24, 2.45) is 0 Å². The van der Waals surface area contributed by atoms with Crippen molar-refractivity contribution in [1.82, 2.24) is 10.2 Å². The monoisotopic (exact) mass is 238 g/mol. The first kappa shape index (κ1) is 12.9. The van der Waals surface area contributed by atoms with E-state index in [2.05, 4.69) is 12.2 Å². The quantitative estimate of drug-likeness (QED) is 0.800. The molecule has 0 spiro atoms. The fraction of sp³-hybridized carbons (Fsp3) is 0.929. The summed E-state index contributed by atoms with van der Waals surface area (Å²) >= 11 is 0. The van der Waals surface area contributed by atoms with Gasteiger partial charge in [0, 0.05) is 19.1 Å². The largest absolute Gasteiger partial charge is 0.341 e. The molecular formula is C14H26N2O. The van der Waals surface area contributed by atoms with Crippen LogP contribution in [0, 0.1) is 0 Å². The van der Waals surface area contributed by atoms with Crippen LogP contribution in [-0.2, 0) is 4.79 Å². The molecule has 2 aliphatic rings. The Hall–Kier alpha value is -0.570. The van der Waals surface area contributed by atoms with Crippen LogP contribution in [0.4, 0.5) is 0 Å². The van der Waals surface area contributed by atoms with Crippen molar-refractivity contribution in [3.8, 4) is 0 Å². The Balaban J connectivity index is 1.89. The van der Waals surface area contributed by atoms with Gasteiger partial charge in [0.05, 0.1) is 6.04 Å². The van der Waals surface area contributed by atoms with Crippen LogP contribution in [0.2, 0.25) is 0 Å². The van der Waals surface area contributed by atoms with E-state index in [0.29, 0.717) is 18.0 Å². The van der Waals surface area contributed by atoms with E-state index < -0.39 is 0 Å². The molecule has 1 amide bonds. The van der Waals surface area contributed by atoms with Gasteiger partial charge in [0.1, 0.15) is 0 Å². The molecule has 0 aromatic heterocycles. The van der Waals surface area contributed by atoms with Crippen LogP contribution in [0.25, 0.3) is 0 Å². The molecule has 2 unspecified atom stereocenters. The van der Waals surface area contributed by atoms with Crippen LogP contribution in [0.15, 0.2) is 0 Å².